The molecule has 0 saturated carbocycles. The number of hydrogen-bond donors (Lipinski definition) is 1. The molecule has 1 heterocycles. The number of fused-ring (bicyclic) bond motifs is 1. The first kappa shape index (κ1) is 16.2. The summed E-state index contributed by atoms with van der Waals surface area (Å²) in [5.74, 6) is 0.270. The summed E-state index contributed by atoms with van der Waals surface area (Å²) in [6.07, 6.45) is 0. The van der Waals surface area contributed by atoms with E-state index in [0.717, 1.165) is 22.3 Å². The lowest BCUT2D eigenvalue weighted by Gasteiger charge is -2.08. The van der Waals surface area contributed by atoms with Gasteiger partial charge in [0.25, 0.3) is 5.56 Å². The maximum absolute atomic E-state index is 13.9. The molecule has 0 amide bonds. The fraction of sp³-hybridized carbons (Fsp3) is 0.0909. The second kappa shape index (κ2) is 6.23. The van der Waals surface area contributed by atoms with E-state index in [-0.39, 0.29) is 11.4 Å². The number of hydrogen-bond acceptors (Lipinski definition) is 2. The van der Waals surface area contributed by atoms with E-state index in [2.05, 4.69) is 9.97 Å². The van der Waals surface area contributed by atoms with Gasteiger partial charge in [-0.3, -0.25) is 4.79 Å². The third-order valence-electron chi connectivity index (χ3n) is 4.58. The molecule has 26 heavy (non-hydrogen) atoms. The van der Waals surface area contributed by atoms with Crippen LogP contribution in [0.1, 0.15) is 11.1 Å². The molecule has 3 nitrogen and oxygen atoms in total. The quantitative estimate of drug-likeness (QED) is 0.555. The Morgan fingerprint density at radius 1 is 0.846 bits per heavy atom. The Kier molecular flexibility index (Phi) is 3.88. The number of aromatic amines is 1. The molecule has 1 aromatic heterocycles. The van der Waals surface area contributed by atoms with Gasteiger partial charge in [0, 0.05) is 5.56 Å². The molecule has 128 valence electrons. The van der Waals surface area contributed by atoms with Crippen LogP contribution in [0.15, 0.2) is 65.5 Å². The first-order valence-electron chi connectivity index (χ1n) is 8.39. The van der Waals surface area contributed by atoms with Gasteiger partial charge in [-0.05, 0) is 54.3 Å². The number of nitrogens with zero attached hydrogens (tertiary/aromatic N) is 1. The lowest BCUT2D eigenvalue weighted by Crippen LogP contribution is -2.10. The van der Waals surface area contributed by atoms with E-state index >= 15 is 0 Å². The summed E-state index contributed by atoms with van der Waals surface area (Å²) in [4.78, 5) is 19.9. The summed E-state index contributed by atoms with van der Waals surface area (Å²) >= 11 is 0. The third-order valence-corrected chi connectivity index (χ3v) is 4.58. The molecule has 0 fully saturated rings. The standard InChI is InChI=1S/C22H17FN2O/c1-13-9-10-16(12-19(13)23)15-6-4-7-17(11-15)21-24-20-14(2)5-3-8-18(20)22(26)25-21/h3-12H,1-2H3,(H,24,25,26). The van der Waals surface area contributed by atoms with Gasteiger partial charge < -0.3 is 4.98 Å². The van der Waals surface area contributed by atoms with Crippen molar-refractivity contribution >= 4 is 10.9 Å². The summed E-state index contributed by atoms with van der Waals surface area (Å²) in [5, 5.41) is 0.575. The highest BCUT2D eigenvalue weighted by molar-refractivity contribution is 5.82. The van der Waals surface area contributed by atoms with Crippen LogP contribution in [0.5, 0.6) is 0 Å². The maximum atomic E-state index is 13.9. The van der Waals surface area contributed by atoms with Crippen molar-refractivity contribution in [1.82, 2.24) is 9.97 Å². The second-order valence-electron chi connectivity index (χ2n) is 6.43. The van der Waals surface area contributed by atoms with Crippen molar-refractivity contribution < 1.29 is 4.39 Å². The summed E-state index contributed by atoms with van der Waals surface area (Å²) < 4.78 is 13.9. The number of H-pyrrole nitrogens is 1. The Hall–Kier alpha value is -3.27. The molecule has 0 bridgehead atoms. The van der Waals surface area contributed by atoms with Crippen LogP contribution < -0.4 is 5.56 Å². The van der Waals surface area contributed by atoms with Crippen molar-refractivity contribution in [2.24, 2.45) is 0 Å². The fourth-order valence-corrected chi connectivity index (χ4v) is 3.06. The Balaban J connectivity index is 1.87. The van der Waals surface area contributed by atoms with Gasteiger partial charge in [0.05, 0.1) is 10.9 Å². The molecule has 4 rings (SSSR count). The molecule has 4 aromatic rings. The number of aryl methyl sites for hydroxylation is 2. The van der Waals surface area contributed by atoms with Gasteiger partial charge in [-0.1, -0.05) is 42.5 Å². The Bertz CT molecular complexity index is 1190. The number of para-hydroxylation sites is 1. The van der Waals surface area contributed by atoms with E-state index in [1.807, 2.05) is 49.4 Å². The molecule has 0 unspecified atom stereocenters. The molecule has 0 saturated heterocycles. The molecule has 0 aliphatic carbocycles. The molecular weight excluding hydrogens is 327 g/mol. The lowest BCUT2D eigenvalue weighted by atomic mass is 10.0. The predicted molar refractivity (Wildman–Crippen MR) is 103 cm³/mol. The third kappa shape index (κ3) is 2.80. The highest BCUT2D eigenvalue weighted by Gasteiger charge is 2.09. The molecular formula is C22H17FN2O. The molecule has 1 N–H and O–H groups in total. The largest absolute Gasteiger partial charge is 0.306 e. The molecule has 0 aliphatic rings. The van der Waals surface area contributed by atoms with Crippen molar-refractivity contribution in [3.8, 4) is 22.5 Å². The molecule has 4 heteroatoms. The van der Waals surface area contributed by atoms with Crippen LogP contribution in [0.3, 0.4) is 0 Å². The number of aromatic nitrogens is 2. The van der Waals surface area contributed by atoms with Gasteiger partial charge in [-0.25, -0.2) is 9.37 Å². The Morgan fingerprint density at radius 2 is 1.58 bits per heavy atom. The Morgan fingerprint density at radius 3 is 2.38 bits per heavy atom. The predicted octanol–water partition coefficient (Wildman–Crippen LogP) is 5.01. The van der Waals surface area contributed by atoms with Gasteiger partial charge >= 0.3 is 0 Å². The topological polar surface area (TPSA) is 45.8 Å². The fourth-order valence-electron chi connectivity index (χ4n) is 3.06. The number of benzene rings is 3. The van der Waals surface area contributed by atoms with Crippen LogP contribution in [0, 0.1) is 19.7 Å². The zero-order chi connectivity index (χ0) is 18.3. The van der Waals surface area contributed by atoms with Crippen LogP contribution in [0.2, 0.25) is 0 Å². The lowest BCUT2D eigenvalue weighted by molar-refractivity contribution is 0.619. The van der Waals surface area contributed by atoms with Crippen molar-refractivity contribution in [3.05, 3.63) is 88.0 Å². The van der Waals surface area contributed by atoms with E-state index in [0.29, 0.717) is 22.3 Å². The van der Waals surface area contributed by atoms with Gasteiger partial charge in [0.1, 0.15) is 11.6 Å². The van der Waals surface area contributed by atoms with E-state index in [9.17, 15) is 9.18 Å². The summed E-state index contributed by atoms with van der Waals surface area (Å²) in [6.45, 7) is 3.67. The average Bonchev–Trinajstić information content (AvgIpc) is 2.65. The van der Waals surface area contributed by atoms with Crippen LogP contribution >= 0.6 is 0 Å². The van der Waals surface area contributed by atoms with Crippen molar-refractivity contribution in [1.29, 1.82) is 0 Å². The van der Waals surface area contributed by atoms with Crippen molar-refractivity contribution in [3.63, 3.8) is 0 Å². The van der Waals surface area contributed by atoms with Gasteiger partial charge in [0.2, 0.25) is 0 Å². The first-order chi connectivity index (χ1) is 12.5. The molecule has 0 aliphatic heterocycles. The second-order valence-corrected chi connectivity index (χ2v) is 6.43. The van der Waals surface area contributed by atoms with E-state index < -0.39 is 0 Å². The molecule has 3 aromatic carbocycles. The smallest absolute Gasteiger partial charge is 0.259 e. The zero-order valence-electron chi connectivity index (χ0n) is 14.5. The van der Waals surface area contributed by atoms with Crippen LogP contribution in [-0.4, -0.2) is 9.97 Å². The number of nitrogens with one attached hydrogen (secondary N) is 1. The van der Waals surface area contributed by atoms with Gasteiger partial charge in [-0.2, -0.15) is 0 Å². The Labute approximate surface area is 150 Å². The minimum Gasteiger partial charge on any atom is -0.306 e. The first-order valence-corrected chi connectivity index (χ1v) is 8.39. The number of halogens is 1. The molecule has 0 atom stereocenters. The summed E-state index contributed by atoms with van der Waals surface area (Å²) in [7, 11) is 0. The minimum absolute atomic E-state index is 0.166. The van der Waals surface area contributed by atoms with Gasteiger partial charge in [-0.15, -0.1) is 0 Å². The highest BCUT2D eigenvalue weighted by Crippen LogP contribution is 2.26. The van der Waals surface area contributed by atoms with E-state index in [4.69, 9.17) is 0 Å². The molecule has 0 radical (unpaired) electrons. The number of rotatable bonds is 2. The van der Waals surface area contributed by atoms with Gasteiger partial charge in [0.15, 0.2) is 0 Å². The summed E-state index contributed by atoms with van der Waals surface area (Å²) in [6, 6.07) is 18.3. The maximum Gasteiger partial charge on any atom is 0.259 e. The zero-order valence-corrected chi connectivity index (χ0v) is 14.5. The van der Waals surface area contributed by atoms with Crippen LogP contribution in [-0.2, 0) is 0 Å². The van der Waals surface area contributed by atoms with Crippen molar-refractivity contribution in [2.75, 3.05) is 0 Å². The monoisotopic (exact) mass is 344 g/mol. The normalized spacial score (nSPS) is 11.0. The average molecular weight is 344 g/mol. The highest BCUT2D eigenvalue weighted by atomic mass is 19.1. The van der Waals surface area contributed by atoms with Crippen molar-refractivity contribution in [2.45, 2.75) is 13.8 Å². The van der Waals surface area contributed by atoms with E-state index in [1.165, 1.54) is 6.07 Å². The minimum atomic E-state index is -0.235. The summed E-state index contributed by atoms with van der Waals surface area (Å²) in [5.41, 5.74) is 4.53. The molecule has 0 spiro atoms. The van der Waals surface area contributed by atoms with E-state index in [1.54, 1.807) is 19.1 Å². The SMILES string of the molecule is Cc1ccc(-c2cccc(-c3nc4c(C)cccc4c(=O)[nH]3)c2)cc1F. The van der Waals surface area contributed by atoms with Crippen LogP contribution in [0.25, 0.3) is 33.4 Å². The van der Waals surface area contributed by atoms with Crippen LogP contribution in [0.4, 0.5) is 4.39 Å².